The first-order valence-electron chi connectivity index (χ1n) is 10.4. The second kappa shape index (κ2) is 11.4. The van der Waals surface area contributed by atoms with Crippen LogP contribution in [0.15, 0.2) is 42.7 Å². The van der Waals surface area contributed by atoms with Gasteiger partial charge in [-0.2, -0.15) is 5.10 Å². The number of hydrogen-bond donors (Lipinski definition) is 4. The molecule has 1 amide bonds. The number of amides is 1. The Hall–Kier alpha value is -4.03. The molecule has 0 aliphatic carbocycles. The van der Waals surface area contributed by atoms with Crippen LogP contribution >= 0.6 is 11.6 Å². The van der Waals surface area contributed by atoms with E-state index in [0.717, 1.165) is 10.7 Å². The van der Waals surface area contributed by atoms with Crippen LogP contribution < -0.4 is 10.1 Å². The molecule has 184 valence electrons. The lowest BCUT2D eigenvalue weighted by Gasteiger charge is -2.21. The van der Waals surface area contributed by atoms with E-state index in [1.807, 2.05) is 0 Å². The Balaban J connectivity index is 1.83. The number of nitrogens with zero attached hydrogens (tertiary/aromatic N) is 4. The third-order valence-electron chi connectivity index (χ3n) is 4.87. The zero-order valence-electron chi connectivity index (χ0n) is 18.5. The number of aromatic carboxylic acids is 1. The summed E-state index contributed by atoms with van der Waals surface area (Å²) in [6.07, 6.45) is 0.841. The maximum atomic E-state index is 12.9. The van der Waals surface area contributed by atoms with Crippen LogP contribution in [0.2, 0.25) is 5.02 Å². The fraction of sp³-hybridized carbons (Fsp3) is 0.273. The molecule has 4 N–H and O–H groups in total. The van der Waals surface area contributed by atoms with Gasteiger partial charge in [0.05, 0.1) is 19.2 Å². The van der Waals surface area contributed by atoms with Gasteiger partial charge in [-0.3, -0.25) is 9.48 Å². The van der Waals surface area contributed by atoms with Crippen LogP contribution in [-0.4, -0.2) is 71.7 Å². The highest BCUT2D eigenvalue weighted by atomic mass is 35.5. The van der Waals surface area contributed by atoms with E-state index in [1.54, 1.807) is 31.2 Å². The molecule has 0 unspecified atom stereocenters. The smallest absolute Gasteiger partial charge is 0.354 e. The number of aliphatic carboxylic acids is 1. The van der Waals surface area contributed by atoms with Crippen molar-refractivity contribution >= 4 is 29.4 Å². The fourth-order valence-corrected chi connectivity index (χ4v) is 3.39. The van der Waals surface area contributed by atoms with Crippen molar-refractivity contribution in [1.82, 2.24) is 25.1 Å². The van der Waals surface area contributed by atoms with Gasteiger partial charge in [-0.25, -0.2) is 19.6 Å². The molecule has 13 heteroatoms. The van der Waals surface area contributed by atoms with Crippen LogP contribution in [0, 0.1) is 0 Å². The molecule has 2 heterocycles. The third kappa shape index (κ3) is 6.52. The molecule has 0 bridgehead atoms. The zero-order valence-corrected chi connectivity index (χ0v) is 19.2. The topological polar surface area (TPSA) is 177 Å². The van der Waals surface area contributed by atoms with Crippen LogP contribution in [-0.2, 0) is 17.8 Å². The first-order chi connectivity index (χ1) is 16.7. The van der Waals surface area contributed by atoms with E-state index >= 15 is 0 Å². The summed E-state index contributed by atoms with van der Waals surface area (Å²) in [5, 5.41) is 35.7. The summed E-state index contributed by atoms with van der Waals surface area (Å²) in [6.45, 7) is 2.11. The number of carboxylic acids is 2. The minimum atomic E-state index is -1.95. The van der Waals surface area contributed by atoms with Crippen LogP contribution in [0.25, 0.3) is 0 Å². The minimum absolute atomic E-state index is 0.0535. The number of halogens is 1. The number of hydrogen-bond acceptors (Lipinski definition) is 8. The summed E-state index contributed by atoms with van der Waals surface area (Å²) in [7, 11) is 0. The van der Waals surface area contributed by atoms with Gasteiger partial charge in [-0.05, 0) is 25.0 Å². The van der Waals surface area contributed by atoms with E-state index in [0.29, 0.717) is 22.8 Å². The van der Waals surface area contributed by atoms with Gasteiger partial charge in [-0.15, -0.1) is 0 Å². The number of aromatic nitrogens is 4. The maximum absolute atomic E-state index is 12.9. The average Bonchev–Trinajstić information content (AvgIpc) is 3.25. The van der Waals surface area contributed by atoms with Gasteiger partial charge in [0.15, 0.2) is 11.8 Å². The average molecular weight is 504 g/mol. The lowest BCUT2D eigenvalue weighted by atomic mass is 10.0. The number of carboxylic acid groups (broad SMARTS) is 2. The molecule has 2 aromatic heterocycles. The van der Waals surface area contributed by atoms with Crippen molar-refractivity contribution in [2.75, 3.05) is 6.61 Å². The van der Waals surface area contributed by atoms with Gasteiger partial charge in [0.2, 0.25) is 0 Å². The molecule has 0 fully saturated rings. The SMILES string of the molecule is CCOc1ncc(Cn2nc(C(=O)N[C@H](Cc3ccccc3Cl)[C@@H](O)C(=O)O)cc2C(=O)O)cn1. The largest absolute Gasteiger partial charge is 0.479 e. The Labute approximate surface area is 204 Å². The van der Waals surface area contributed by atoms with Crippen LogP contribution in [0.3, 0.4) is 0 Å². The van der Waals surface area contributed by atoms with Crippen LogP contribution in [0.5, 0.6) is 6.01 Å². The van der Waals surface area contributed by atoms with Crippen molar-refractivity contribution in [2.24, 2.45) is 0 Å². The monoisotopic (exact) mass is 503 g/mol. The second-order valence-electron chi connectivity index (χ2n) is 7.34. The van der Waals surface area contributed by atoms with Crippen LogP contribution in [0.4, 0.5) is 0 Å². The molecule has 3 aromatic rings. The normalized spacial score (nSPS) is 12.5. The Morgan fingerprint density at radius 1 is 1.17 bits per heavy atom. The highest BCUT2D eigenvalue weighted by Crippen LogP contribution is 2.18. The number of carbonyl (C=O) groups excluding carboxylic acids is 1. The van der Waals surface area contributed by atoms with Crippen molar-refractivity contribution in [3.63, 3.8) is 0 Å². The van der Waals surface area contributed by atoms with Gasteiger partial charge in [0.25, 0.3) is 5.91 Å². The number of carbonyl (C=O) groups is 3. The number of aliphatic hydroxyl groups excluding tert-OH is 1. The van der Waals surface area contributed by atoms with E-state index in [9.17, 15) is 29.7 Å². The summed E-state index contributed by atoms with van der Waals surface area (Å²) in [5.74, 6) is -3.75. The molecule has 2 atom stereocenters. The zero-order chi connectivity index (χ0) is 25.5. The quantitative estimate of drug-likeness (QED) is 0.298. The Morgan fingerprint density at radius 3 is 2.46 bits per heavy atom. The van der Waals surface area contributed by atoms with Crippen LogP contribution in [0.1, 0.15) is 39.0 Å². The Kier molecular flexibility index (Phi) is 8.34. The predicted molar refractivity (Wildman–Crippen MR) is 122 cm³/mol. The lowest BCUT2D eigenvalue weighted by Crippen LogP contribution is -2.48. The minimum Gasteiger partial charge on any atom is -0.479 e. The number of rotatable bonds is 11. The van der Waals surface area contributed by atoms with E-state index in [4.69, 9.17) is 16.3 Å². The van der Waals surface area contributed by atoms with Crippen molar-refractivity contribution in [1.29, 1.82) is 0 Å². The van der Waals surface area contributed by atoms with Crippen molar-refractivity contribution in [2.45, 2.75) is 32.0 Å². The molecule has 0 saturated heterocycles. The van der Waals surface area contributed by atoms with E-state index in [1.165, 1.54) is 12.4 Å². The molecule has 35 heavy (non-hydrogen) atoms. The highest BCUT2D eigenvalue weighted by Gasteiger charge is 2.30. The van der Waals surface area contributed by atoms with Gasteiger partial charge >= 0.3 is 17.9 Å². The summed E-state index contributed by atoms with van der Waals surface area (Å²) >= 11 is 6.13. The van der Waals surface area contributed by atoms with Gasteiger partial charge in [-0.1, -0.05) is 29.8 Å². The number of benzene rings is 1. The standard InChI is InChI=1S/C22H22ClN5O7/c1-2-35-22-24-9-12(10-25-22)11-28-17(20(31)32)8-16(27-28)19(30)26-15(18(29)21(33)34)7-13-5-3-4-6-14(13)23/h3-6,8-10,15,18,29H,2,7,11H2,1H3,(H,26,30)(H,31,32)(H,33,34)/t15-,18-/m1/s1. The summed E-state index contributed by atoms with van der Waals surface area (Å²) in [4.78, 5) is 44.0. The Bertz CT molecular complexity index is 1220. The second-order valence-corrected chi connectivity index (χ2v) is 7.75. The molecule has 0 radical (unpaired) electrons. The molecule has 12 nitrogen and oxygen atoms in total. The van der Waals surface area contributed by atoms with E-state index in [2.05, 4.69) is 20.4 Å². The van der Waals surface area contributed by atoms with Gasteiger partial charge < -0.3 is 25.4 Å². The fourth-order valence-electron chi connectivity index (χ4n) is 3.18. The van der Waals surface area contributed by atoms with E-state index in [-0.39, 0.29) is 30.4 Å². The van der Waals surface area contributed by atoms with Gasteiger partial charge in [0.1, 0.15) is 5.69 Å². The molecule has 1 aromatic carbocycles. The predicted octanol–water partition coefficient (Wildman–Crippen LogP) is 1.26. The number of aliphatic hydroxyl groups is 1. The van der Waals surface area contributed by atoms with E-state index < -0.39 is 30.0 Å². The maximum Gasteiger partial charge on any atom is 0.354 e. The van der Waals surface area contributed by atoms with Gasteiger partial charge in [0, 0.05) is 29.0 Å². The van der Waals surface area contributed by atoms with Crippen molar-refractivity contribution in [3.05, 3.63) is 70.3 Å². The van der Waals surface area contributed by atoms with Crippen molar-refractivity contribution < 1.29 is 34.4 Å². The molecule has 3 rings (SSSR count). The summed E-state index contributed by atoms with van der Waals surface area (Å²) < 4.78 is 6.25. The first-order valence-corrected chi connectivity index (χ1v) is 10.8. The summed E-state index contributed by atoms with van der Waals surface area (Å²) in [6, 6.07) is 6.53. The van der Waals surface area contributed by atoms with Crippen molar-refractivity contribution in [3.8, 4) is 6.01 Å². The lowest BCUT2D eigenvalue weighted by molar-refractivity contribution is -0.148. The molecule has 0 aliphatic rings. The number of nitrogens with one attached hydrogen (secondary N) is 1. The third-order valence-corrected chi connectivity index (χ3v) is 5.24. The molecular formula is C22H22ClN5O7. The molecule has 0 saturated carbocycles. The summed E-state index contributed by atoms with van der Waals surface area (Å²) in [5.41, 5.74) is 0.442. The molecular weight excluding hydrogens is 482 g/mol. The Morgan fingerprint density at radius 2 is 1.86 bits per heavy atom. The first kappa shape index (κ1) is 25.6. The number of ether oxygens (including phenoxy) is 1. The molecule has 0 aliphatic heterocycles. The molecule has 0 spiro atoms. The highest BCUT2D eigenvalue weighted by molar-refractivity contribution is 6.31.